The lowest BCUT2D eigenvalue weighted by Crippen LogP contribution is -1.95. The molecule has 0 saturated heterocycles. The average Bonchev–Trinajstić information content (AvgIpc) is 2.36. The molecule has 96 valence electrons. The highest BCUT2D eigenvalue weighted by Crippen LogP contribution is 2.27. The van der Waals surface area contributed by atoms with Crippen LogP contribution in [0.1, 0.15) is 21.5 Å². The van der Waals surface area contributed by atoms with E-state index in [9.17, 15) is 14.9 Å². The first kappa shape index (κ1) is 13.0. The fourth-order valence-electron chi connectivity index (χ4n) is 2.12. The fraction of sp³-hybridized carbons (Fsp3) is 0.133. The molecule has 0 fully saturated rings. The second-order valence-corrected chi connectivity index (χ2v) is 4.52. The summed E-state index contributed by atoms with van der Waals surface area (Å²) < 4.78 is 0. The maximum Gasteiger partial charge on any atom is 0.280 e. The van der Waals surface area contributed by atoms with Gasteiger partial charge >= 0.3 is 0 Å². The van der Waals surface area contributed by atoms with Gasteiger partial charge in [0.25, 0.3) is 5.69 Å². The molecule has 0 radical (unpaired) electrons. The van der Waals surface area contributed by atoms with Crippen molar-refractivity contribution >= 4 is 12.0 Å². The largest absolute Gasteiger partial charge is 0.298 e. The van der Waals surface area contributed by atoms with Gasteiger partial charge in [0.05, 0.1) is 10.5 Å². The molecule has 2 aromatic rings. The first-order valence-electron chi connectivity index (χ1n) is 5.83. The van der Waals surface area contributed by atoms with Crippen LogP contribution >= 0.6 is 0 Å². The minimum absolute atomic E-state index is 0.0955. The number of carbonyl (C=O) groups excluding carboxylic acids is 1. The first-order valence-corrected chi connectivity index (χ1v) is 5.83. The summed E-state index contributed by atoms with van der Waals surface area (Å²) in [5, 5.41) is 10.9. The molecule has 0 amide bonds. The van der Waals surface area contributed by atoms with E-state index in [2.05, 4.69) is 0 Å². The average molecular weight is 255 g/mol. The molecular weight excluding hydrogens is 242 g/mol. The molecule has 0 aliphatic carbocycles. The molecule has 0 aromatic heterocycles. The molecule has 4 heteroatoms. The number of carbonyl (C=O) groups is 1. The van der Waals surface area contributed by atoms with Gasteiger partial charge in [0.2, 0.25) is 0 Å². The minimum Gasteiger partial charge on any atom is -0.298 e. The number of hydrogen-bond acceptors (Lipinski definition) is 3. The number of nitro benzene ring substituents is 1. The summed E-state index contributed by atoms with van der Waals surface area (Å²) in [6.07, 6.45) is 0.503. The first-order chi connectivity index (χ1) is 9.01. The van der Waals surface area contributed by atoms with Gasteiger partial charge in [0.1, 0.15) is 0 Å². The van der Waals surface area contributed by atoms with Crippen molar-refractivity contribution in [3.8, 4) is 11.1 Å². The second-order valence-electron chi connectivity index (χ2n) is 4.52. The van der Waals surface area contributed by atoms with Crippen LogP contribution in [0.3, 0.4) is 0 Å². The van der Waals surface area contributed by atoms with Crippen molar-refractivity contribution in [2.24, 2.45) is 0 Å². The number of nitrogens with zero attached hydrogens (tertiary/aromatic N) is 1. The summed E-state index contributed by atoms with van der Waals surface area (Å²) in [5.41, 5.74) is 3.78. The smallest absolute Gasteiger partial charge is 0.280 e. The highest BCUT2D eigenvalue weighted by Gasteiger charge is 2.14. The highest BCUT2D eigenvalue weighted by atomic mass is 16.6. The SMILES string of the molecule is Cc1cc(C)cc(-c2ccc(C=O)c([N+](=O)[O-])c2)c1. The maximum atomic E-state index is 10.9. The van der Waals surface area contributed by atoms with Crippen molar-refractivity contribution in [3.63, 3.8) is 0 Å². The number of benzene rings is 2. The van der Waals surface area contributed by atoms with E-state index in [-0.39, 0.29) is 11.3 Å². The van der Waals surface area contributed by atoms with Crippen LogP contribution in [0.25, 0.3) is 11.1 Å². The Balaban J connectivity index is 2.60. The van der Waals surface area contributed by atoms with E-state index >= 15 is 0 Å². The zero-order valence-electron chi connectivity index (χ0n) is 10.7. The van der Waals surface area contributed by atoms with Crippen LogP contribution in [0.5, 0.6) is 0 Å². The lowest BCUT2D eigenvalue weighted by atomic mass is 9.99. The normalized spacial score (nSPS) is 10.2. The lowest BCUT2D eigenvalue weighted by Gasteiger charge is -2.06. The van der Waals surface area contributed by atoms with Crippen molar-refractivity contribution in [1.82, 2.24) is 0 Å². The van der Waals surface area contributed by atoms with Crippen LogP contribution in [0.15, 0.2) is 36.4 Å². The lowest BCUT2D eigenvalue weighted by molar-refractivity contribution is -0.385. The molecule has 0 N–H and O–H groups in total. The number of hydrogen-bond donors (Lipinski definition) is 0. The Morgan fingerprint density at radius 2 is 1.63 bits per heavy atom. The van der Waals surface area contributed by atoms with Crippen LogP contribution < -0.4 is 0 Å². The van der Waals surface area contributed by atoms with Crippen molar-refractivity contribution in [2.75, 3.05) is 0 Å². The Morgan fingerprint density at radius 1 is 1.00 bits per heavy atom. The Morgan fingerprint density at radius 3 is 2.16 bits per heavy atom. The Bertz CT molecular complexity index is 642. The number of aldehydes is 1. The summed E-state index contributed by atoms with van der Waals surface area (Å²) in [6, 6.07) is 10.6. The molecule has 0 spiro atoms. The molecule has 0 heterocycles. The van der Waals surface area contributed by atoms with E-state index in [1.54, 1.807) is 6.07 Å². The highest BCUT2D eigenvalue weighted by molar-refractivity contribution is 5.84. The van der Waals surface area contributed by atoms with Gasteiger partial charge in [-0.15, -0.1) is 0 Å². The zero-order valence-corrected chi connectivity index (χ0v) is 10.7. The topological polar surface area (TPSA) is 60.2 Å². The Labute approximate surface area is 110 Å². The summed E-state index contributed by atoms with van der Waals surface area (Å²) >= 11 is 0. The minimum atomic E-state index is -0.532. The van der Waals surface area contributed by atoms with Gasteiger partial charge in [-0.05, 0) is 31.0 Å². The van der Waals surface area contributed by atoms with E-state index in [0.29, 0.717) is 6.29 Å². The van der Waals surface area contributed by atoms with Crippen LogP contribution in [0, 0.1) is 24.0 Å². The Hall–Kier alpha value is -2.49. The van der Waals surface area contributed by atoms with Gasteiger partial charge in [-0.25, -0.2) is 0 Å². The van der Waals surface area contributed by atoms with Crippen molar-refractivity contribution in [1.29, 1.82) is 0 Å². The van der Waals surface area contributed by atoms with Gasteiger partial charge in [-0.2, -0.15) is 0 Å². The van der Waals surface area contributed by atoms with Crippen LogP contribution in [0.4, 0.5) is 5.69 Å². The molecule has 0 unspecified atom stereocenters. The molecule has 2 aromatic carbocycles. The third-order valence-electron chi connectivity index (χ3n) is 2.91. The Kier molecular flexibility index (Phi) is 3.42. The van der Waals surface area contributed by atoms with E-state index in [0.717, 1.165) is 22.3 Å². The van der Waals surface area contributed by atoms with Crippen LogP contribution in [-0.4, -0.2) is 11.2 Å². The number of rotatable bonds is 3. The molecule has 0 bridgehead atoms. The van der Waals surface area contributed by atoms with Crippen molar-refractivity contribution in [3.05, 3.63) is 63.2 Å². The van der Waals surface area contributed by atoms with Gasteiger partial charge in [-0.1, -0.05) is 35.4 Å². The van der Waals surface area contributed by atoms with Gasteiger partial charge in [-0.3, -0.25) is 14.9 Å². The van der Waals surface area contributed by atoms with Crippen LogP contribution in [0.2, 0.25) is 0 Å². The zero-order chi connectivity index (χ0) is 14.0. The summed E-state index contributed by atoms with van der Waals surface area (Å²) in [4.78, 5) is 21.2. The standard InChI is InChI=1S/C15H13NO3/c1-10-5-11(2)7-14(6-10)12-3-4-13(9-17)15(8-12)16(18)19/h3-9H,1-2H3. The predicted molar refractivity (Wildman–Crippen MR) is 73.4 cm³/mol. The van der Waals surface area contributed by atoms with Gasteiger partial charge < -0.3 is 0 Å². The quantitative estimate of drug-likeness (QED) is 0.477. The third kappa shape index (κ3) is 2.68. The van der Waals surface area contributed by atoms with E-state index < -0.39 is 4.92 Å². The molecule has 4 nitrogen and oxygen atoms in total. The van der Waals surface area contributed by atoms with E-state index in [1.165, 1.54) is 12.1 Å². The maximum absolute atomic E-state index is 10.9. The van der Waals surface area contributed by atoms with Crippen molar-refractivity contribution in [2.45, 2.75) is 13.8 Å². The van der Waals surface area contributed by atoms with E-state index in [1.807, 2.05) is 32.0 Å². The monoisotopic (exact) mass is 255 g/mol. The molecular formula is C15H13NO3. The molecule has 0 atom stereocenters. The third-order valence-corrected chi connectivity index (χ3v) is 2.91. The van der Waals surface area contributed by atoms with Crippen LogP contribution in [-0.2, 0) is 0 Å². The summed E-state index contributed by atoms with van der Waals surface area (Å²) in [7, 11) is 0. The molecule has 0 saturated carbocycles. The predicted octanol–water partition coefficient (Wildman–Crippen LogP) is 3.69. The molecule has 19 heavy (non-hydrogen) atoms. The molecule has 0 aliphatic heterocycles. The van der Waals surface area contributed by atoms with Crippen molar-refractivity contribution < 1.29 is 9.72 Å². The molecule has 0 aliphatic rings. The number of aryl methyl sites for hydroxylation is 2. The van der Waals surface area contributed by atoms with E-state index in [4.69, 9.17) is 0 Å². The van der Waals surface area contributed by atoms with Gasteiger partial charge in [0, 0.05) is 6.07 Å². The second kappa shape index (κ2) is 5.02. The van der Waals surface area contributed by atoms with Gasteiger partial charge in [0.15, 0.2) is 6.29 Å². The summed E-state index contributed by atoms with van der Waals surface area (Å²) in [6.45, 7) is 3.95. The molecule has 2 rings (SSSR count). The number of nitro groups is 1. The fourth-order valence-corrected chi connectivity index (χ4v) is 2.12. The summed E-state index contributed by atoms with van der Waals surface area (Å²) in [5.74, 6) is 0.